The molecule has 18 amide bonds. The van der Waals surface area contributed by atoms with Gasteiger partial charge in [-0.3, -0.25) is 130 Å². The second kappa shape index (κ2) is 34.5. The van der Waals surface area contributed by atoms with Crippen molar-refractivity contribution in [3.05, 3.63) is 84.0 Å². The summed E-state index contributed by atoms with van der Waals surface area (Å²) in [6, 6.07) is 6.63. The number of hydroxylamine groups is 18. The molecule has 0 radical (unpaired) electrons. The second-order valence-corrected chi connectivity index (χ2v) is 38.8. The Kier molecular flexibility index (Phi) is 24.0. The van der Waals surface area contributed by atoms with Crippen LogP contribution in [-0.2, 0) is 130 Å². The lowest BCUT2D eigenvalue weighted by molar-refractivity contribution is -0.185. The van der Waals surface area contributed by atoms with Crippen molar-refractivity contribution in [1.82, 2.24) is 45.6 Å². The van der Waals surface area contributed by atoms with Crippen LogP contribution in [0.1, 0.15) is 111 Å². The molecule has 127 heavy (non-hydrogen) atoms. The molecule has 1 aromatic rings. The van der Waals surface area contributed by atoms with Gasteiger partial charge >= 0.3 is 0 Å². The van der Waals surface area contributed by atoms with Gasteiger partial charge in [0.1, 0.15) is 0 Å². The monoisotopic (exact) mass is 1800 g/mol. The summed E-state index contributed by atoms with van der Waals surface area (Å²) in [5.74, 6) is -3.27. The van der Waals surface area contributed by atoms with E-state index in [0.29, 0.717) is 45.3 Å². The molecular weight excluding hydrogens is 1700 g/mol. The van der Waals surface area contributed by atoms with Crippen LogP contribution in [0.25, 0.3) is 0 Å². The Morgan fingerprint density at radius 3 is 0.850 bits per heavy atom. The first-order chi connectivity index (χ1) is 61.1. The highest BCUT2D eigenvalue weighted by atomic mass is 32.2. The van der Waals surface area contributed by atoms with Gasteiger partial charge in [-0.2, -0.15) is 52.3 Å². The third kappa shape index (κ3) is 13.8. The molecule has 14 saturated heterocycles. The van der Waals surface area contributed by atoms with Crippen LogP contribution in [0.5, 0.6) is 0 Å². The smallest absolute Gasteiger partial charge is 0.285 e. The molecule has 28 rings (SSSR count). The minimum Gasteiger partial charge on any atom is -0.373 e. The van der Waals surface area contributed by atoms with Gasteiger partial charge in [0.2, 0.25) is 0 Å². The van der Waals surface area contributed by atoms with Gasteiger partial charge in [0.15, 0.2) is 0 Å². The molecule has 0 aromatic heterocycles. The molecule has 21 fully saturated rings. The summed E-state index contributed by atoms with van der Waals surface area (Å²) in [7, 11) is 12.2. The van der Waals surface area contributed by atoms with E-state index >= 15 is 0 Å². The van der Waals surface area contributed by atoms with E-state index < -0.39 is 11.8 Å². The van der Waals surface area contributed by atoms with Gasteiger partial charge in [-0.05, 0) is 149 Å². The molecule has 38 nitrogen and oxygen atoms in total. The number of carbonyl (C=O) groups excluding carboxylic acids is 18. The number of hydrogen-bond donors (Lipinski definition) is 0. The number of ether oxygens (including phenoxy) is 2. The van der Waals surface area contributed by atoms with Crippen molar-refractivity contribution < 1.29 is 139 Å². The van der Waals surface area contributed by atoms with Gasteiger partial charge in [0.25, 0.3) is 106 Å². The topological polar surface area (TPSA) is 438 Å². The average Bonchev–Trinajstić information content (AvgIpc) is 1.50. The molecule has 1 aromatic carbocycles. The summed E-state index contributed by atoms with van der Waals surface area (Å²) < 4.78 is 11.0. The Morgan fingerprint density at radius 1 is 0.244 bits per heavy atom. The van der Waals surface area contributed by atoms with Crippen molar-refractivity contribution in [2.24, 2.45) is 142 Å². The molecule has 27 aliphatic rings. The predicted molar refractivity (Wildman–Crippen MR) is 427 cm³/mol. The standard InChI is InChI=1S/C11H15NO3.C11H13NO3.C10H13NO3.C10H11NO3.C9H11NO4.C9H9NO4.C9H11NO3S.C9H9NO3S.C9H7NO3/c2*1-15-12-10(13)8-6-2-3-7(5-4-6)9(8)11(12)14;2*1-14-11-9(12)7-5-2-3-6(4-5)8(7)10(11)13;4*1-13-10-8(11)6-4-2-3-5(14-4)7(6)9(10)12;1-13-10-8(11)6-4-2-3-5-7(6)9(10)12/h6-9H,2-5H2,1H3;2-3,6-9H,4-5H2,1H3;5-8H,2-4H2,1H3;2-3,5-8H,4H2,1H3;4-7H,2-3H2,1H3;2-7H,1H3;4-7H,2-3H2,1H3;2-7H,1H3;2-5H,1H3. The largest absolute Gasteiger partial charge is 0.373 e. The summed E-state index contributed by atoms with van der Waals surface area (Å²) in [5.41, 5.74) is 0.795. The predicted octanol–water partition coefficient (Wildman–Crippen LogP) is 3.32. The van der Waals surface area contributed by atoms with Crippen LogP contribution in [0, 0.1) is 142 Å². The number of carbonyl (C=O) groups is 18. The maximum Gasteiger partial charge on any atom is 0.285 e. The van der Waals surface area contributed by atoms with Crippen LogP contribution < -0.4 is 0 Å². The molecule has 7 saturated carbocycles. The van der Waals surface area contributed by atoms with E-state index in [4.69, 9.17) is 48.2 Å². The highest BCUT2D eigenvalue weighted by Crippen LogP contribution is 2.60. The fourth-order valence-electron chi connectivity index (χ4n) is 25.5. The Labute approximate surface area is 736 Å². The number of hydrogen-bond acceptors (Lipinski definition) is 31. The van der Waals surface area contributed by atoms with E-state index in [-0.39, 0.29) is 248 Å². The summed E-state index contributed by atoms with van der Waals surface area (Å²) in [4.78, 5) is 255. The van der Waals surface area contributed by atoms with Crippen molar-refractivity contribution in [3.8, 4) is 0 Å². The van der Waals surface area contributed by atoms with Crippen molar-refractivity contribution >= 4 is 130 Å². The van der Waals surface area contributed by atoms with E-state index in [0.717, 1.165) is 135 Å². The van der Waals surface area contributed by atoms with Crippen LogP contribution in [-0.4, -0.2) is 261 Å². The van der Waals surface area contributed by atoms with Crippen molar-refractivity contribution in [2.75, 3.05) is 64.0 Å². The van der Waals surface area contributed by atoms with Crippen LogP contribution >= 0.6 is 23.5 Å². The third-order valence-electron chi connectivity index (χ3n) is 30.9. The first-order valence-electron chi connectivity index (χ1n) is 43.4. The van der Waals surface area contributed by atoms with Gasteiger partial charge in [0.05, 0.1) is 194 Å². The number of thioether (sulfide) groups is 2. The van der Waals surface area contributed by atoms with Gasteiger partial charge < -0.3 is 9.47 Å². The number of nitrogens with zero attached hydrogens (tertiary/aromatic N) is 9. The number of amides is 18. The number of allylic oxidation sites excluding steroid dienone is 4. The Hall–Kier alpha value is -9.30. The first kappa shape index (κ1) is 88.3. The molecule has 10 aliphatic carbocycles. The minimum absolute atomic E-state index is 0.0541. The molecule has 17 heterocycles. The summed E-state index contributed by atoms with van der Waals surface area (Å²) in [5, 5.41) is 9.31. The quantitative estimate of drug-likeness (QED) is 0.253. The lowest BCUT2D eigenvalue weighted by Crippen LogP contribution is -2.41. The van der Waals surface area contributed by atoms with Gasteiger partial charge in [-0.25, -0.2) is 0 Å². The Bertz CT molecular complexity index is 4390. The molecule has 678 valence electrons. The van der Waals surface area contributed by atoms with Crippen molar-refractivity contribution in [2.45, 2.75) is 135 Å². The van der Waals surface area contributed by atoms with Crippen LogP contribution in [0.4, 0.5) is 0 Å². The first-order valence-corrected chi connectivity index (χ1v) is 45.3. The fraction of sp³-hybridized carbons (Fsp3) is 0.632. The zero-order chi connectivity index (χ0) is 89.8. The zero-order valence-electron chi connectivity index (χ0n) is 71.0. The molecule has 0 spiro atoms. The van der Waals surface area contributed by atoms with E-state index in [9.17, 15) is 86.3 Å². The fourth-order valence-corrected chi connectivity index (χ4v) is 29.1. The Morgan fingerprint density at radius 2 is 0.520 bits per heavy atom. The summed E-state index contributed by atoms with van der Waals surface area (Å²) >= 11 is 3.53. The maximum atomic E-state index is 12.0. The SMILES string of the molecule is CON1C(=O)C2C3C=CC(C3)C2C1=O.CON1C(=O)C2C3C=CC(CC3)C2C1=O.CON1C(=O)C2C3C=CC(O3)C2C1=O.CON1C(=O)C2C3C=CC(S3)C2C1=O.CON1C(=O)C2C3CCC(C3)C2C1=O.CON1C(=O)C2C3CCC(CC3)C2C1=O.CON1C(=O)C2C3CCC(O3)C2C1=O.CON1C(=O)C2C3CCC(S3)C2C1=O.CON1C(=O)c2ccccc2C1=O. The lowest BCUT2D eigenvalue weighted by Gasteiger charge is -2.42. The summed E-state index contributed by atoms with van der Waals surface area (Å²) in [6.45, 7) is 0. The molecular formula is C87H99N9O29S2. The van der Waals surface area contributed by atoms with E-state index in [1.807, 2.05) is 36.1 Å². The minimum atomic E-state index is -0.400. The van der Waals surface area contributed by atoms with Gasteiger partial charge in [0, 0.05) is 21.0 Å². The molecule has 40 heteroatoms. The highest BCUT2D eigenvalue weighted by Gasteiger charge is 2.69. The maximum absolute atomic E-state index is 12.0. The van der Waals surface area contributed by atoms with E-state index in [2.05, 4.69) is 29.1 Å². The molecule has 16 bridgehead atoms. The highest BCUT2D eigenvalue weighted by molar-refractivity contribution is 8.01. The van der Waals surface area contributed by atoms with Gasteiger partial charge in [-0.15, -0.1) is 16.8 Å². The Balaban J connectivity index is 0.0000000967. The molecule has 30 atom stereocenters. The average molecular weight is 1800 g/mol. The lowest BCUT2D eigenvalue weighted by atomic mass is 9.59. The van der Waals surface area contributed by atoms with Crippen LogP contribution in [0.15, 0.2) is 72.9 Å². The number of imide groups is 9. The van der Waals surface area contributed by atoms with Crippen LogP contribution in [0.3, 0.4) is 0 Å². The van der Waals surface area contributed by atoms with Gasteiger partial charge in [-0.1, -0.05) is 60.7 Å². The summed E-state index contributed by atoms with van der Waals surface area (Å²) in [6.07, 6.45) is 30.2. The number of rotatable bonds is 9. The van der Waals surface area contributed by atoms with Crippen LogP contribution in [0.2, 0.25) is 0 Å². The molecule has 30 unspecified atom stereocenters. The second-order valence-electron chi connectivity index (χ2n) is 36.0. The van der Waals surface area contributed by atoms with Crippen molar-refractivity contribution in [3.63, 3.8) is 0 Å². The van der Waals surface area contributed by atoms with E-state index in [1.54, 1.807) is 36.0 Å². The van der Waals surface area contributed by atoms with E-state index in [1.165, 1.54) is 64.0 Å². The normalized spacial score (nSPS) is 41.2. The third-order valence-corrected chi connectivity index (χ3v) is 34.1. The molecule has 17 aliphatic heterocycles. The number of fused-ring (bicyclic) bond motifs is 34. The van der Waals surface area contributed by atoms with Crippen molar-refractivity contribution in [1.29, 1.82) is 0 Å². The number of benzene rings is 1. The zero-order valence-corrected chi connectivity index (χ0v) is 72.6. The molecule has 0 N–H and O–H groups in total.